The highest BCUT2D eigenvalue weighted by Crippen LogP contribution is 2.29. The van der Waals surface area contributed by atoms with Crippen molar-refractivity contribution in [2.75, 3.05) is 0 Å². The molecule has 2 aromatic rings. The molecule has 112 valence electrons. The Balaban J connectivity index is 2.19. The Morgan fingerprint density at radius 2 is 1.90 bits per heavy atom. The van der Waals surface area contributed by atoms with Crippen LogP contribution in [0.25, 0.3) is 0 Å². The molecule has 2 aromatic carbocycles. The van der Waals surface area contributed by atoms with Crippen molar-refractivity contribution in [1.82, 2.24) is 0 Å². The van der Waals surface area contributed by atoms with Gasteiger partial charge < -0.3 is 10.5 Å². The first-order chi connectivity index (χ1) is 10.0. The van der Waals surface area contributed by atoms with Gasteiger partial charge in [0.2, 0.25) is 0 Å². The topological polar surface area (TPSA) is 35.2 Å². The van der Waals surface area contributed by atoms with E-state index in [0.717, 1.165) is 23.1 Å². The van der Waals surface area contributed by atoms with E-state index in [1.807, 2.05) is 45.0 Å². The largest absolute Gasteiger partial charge is 0.454 e. The fourth-order valence-corrected chi connectivity index (χ4v) is 2.15. The van der Waals surface area contributed by atoms with E-state index in [4.69, 9.17) is 10.5 Å². The van der Waals surface area contributed by atoms with Crippen molar-refractivity contribution in [3.8, 4) is 11.5 Å². The molecule has 0 heterocycles. The molecule has 1 atom stereocenters. The van der Waals surface area contributed by atoms with Gasteiger partial charge in [-0.05, 0) is 61.6 Å². The summed E-state index contributed by atoms with van der Waals surface area (Å²) in [5.74, 6) is 0.584. The average Bonchev–Trinajstić information content (AvgIpc) is 2.46. The second-order valence-electron chi connectivity index (χ2n) is 5.44. The molecular formula is C18H22FNO. The normalized spacial score (nSPS) is 12.2. The molecule has 0 spiro atoms. The van der Waals surface area contributed by atoms with Crippen LogP contribution in [0.5, 0.6) is 11.5 Å². The van der Waals surface area contributed by atoms with Gasteiger partial charge in [-0.3, -0.25) is 0 Å². The SMILES string of the molecule is CCC(N)Cc1ccc(Oc2cccc(C)c2C)c(F)c1. The lowest BCUT2D eigenvalue weighted by molar-refractivity contribution is 0.438. The van der Waals surface area contributed by atoms with Gasteiger partial charge >= 0.3 is 0 Å². The Kier molecular flexibility index (Phi) is 4.97. The Bertz CT molecular complexity index is 625. The molecule has 0 bridgehead atoms. The van der Waals surface area contributed by atoms with Gasteiger partial charge in [-0.15, -0.1) is 0 Å². The standard InChI is InChI=1S/C18H22FNO/c1-4-15(20)10-14-8-9-18(16(19)11-14)21-17-7-5-6-12(2)13(17)3/h5-9,11,15H,4,10,20H2,1-3H3. The number of rotatable bonds is 5. The molecule has 0 saturated carbocycles. The van der Waals surface area contributed by atoms with Gasteiger partial charge in [0.05, 0.1) is 0 Å². The first-order valence-electron chi connectivity index (χ1n) is 7.29. The van der Waals surface area contributed by atoms with Crippen molar-refractivity contribution in [1.29, 1.82) is 0 Å². The summed E-state index contributed by atoms with van der Waals surface area (Å²) >= 11 is 0. The molecule has 0 aromatic heterocycles. The zero-order chi connectivity index (χ0) is 15.4. The predicted octanol–water partition coefficient (Wildman–Crippen LogP) is 4.51. The highest BCUT2D eigenvalue weighted by atomic mass is 19.1. The maximum Gasteiger partial charge on any atom is 0.165 e. The summed E-state index contributed by atoms with van der Waals surface area (Å²) in [5.41, 5.74) is 8.94. The van der Waals surface area contributed by atoms with E-state index in [1.165, 1.54) is 6.07 Å². The predicted molar refractivity (Wildman–Crippen MR) is 84.4 cm³/mol. The van der Waals surface area contributed by atoms with Crippen molar-refractivity contribution < 1.29 is 9.13 Å². The summed E-state index contributed by atoms with van der Waals surface area (Å²) in [4.78, 5) is 0. The quantitative estimate of drug-likeness (QED) is 0.877. The van der Waals surface area contributed by atoms with E-state index in [0.29, 0.717) is 12.2 Å². The number of hydrogen-bond acceptors (Lipinski definition) is 2. The van der Waals surface area contributed by atoms with E-state index >= 15 is 0 Å². The Morgan fingerprint density at radius 1 is 1.14 bits per heavy atom. The molecule has 2 N–H and O–H groups in total. The highest BCUT2D eigenvalue weighted by Gasteiger charge is 2.10. The van der Waals surface area contributed by atoms with Crippen molar-refractivity contribution in [2.45, 2.75) is 39.7 Å². The lowest BCUT2D eigenvalue weighted by atomic mass is 10.0. The number of ether oxygens (including phenoxy) is 1. The summed E-state index contributed by atoms with van der Waals surface area (Å²) in [6.45, 7) is 6.00. The Morgan fingerprint density at radius 3 is 2.57 bits per heavy atom. The minimum atomic E-state index is -0.350. The highest BCUT2D eigenvalue weighted by molar-refractivity contribution is 5.42. The molecule has 0 aliphatic heterocycles. The molecule has 0 aliphatic rings. The average molecular weight is 287 g/mol. The fraction of sp³-hybridized carbons (Fsp3) is 0.333. The van der Waals surface area contributed by atoms with Crippen LogP contribution in [0.1, 0.15) is 30.0 Å². The van der Waals surface area contributed by atoms with E-state index in [9.17, 15) is 4.39 Å². The third-order valence-electron chi connectivity index (χ3n) is 3.79. The number of benzene rings is 2. The van der Waals surface area contributed by atoms with E-state index in [-0.39, 0.29) is 17.6 Å². The van der Waals surface area contributed by atoms with Crippen LogP contribution < -0.4 is 10.5 Å². The fourth-order valence-electron chi connectivity index (χ4n) is 2.15. The zero-order valence-electron chi connectivity index (χ0n) is 12.8. The van der Waals surface area contributed by atoms with Crippen LogP contribution in [0.3, 0.4) is 0 Å². The van der Waals surface area contributed by atoms with Crippen LogP contribution >= 0.6 is 0 Å². The van der Waals surface area contributed by atoms with E-state index in [2.05, 4.69) is 0 Å². The molecule has 0 saturated heterocycles. The first-order valence-corrected chi connectivity index (χ1v) is 7.29. The van der Waals surface area contributed by atoms with Crippen molar-refractivity contribution in [2.24, 2.45) is 5.73 Å². The Labute approximate surface area is 125 Å². The van der Waals surface area contributed by atoms with Crippen LogP contribution in [-0.4, -0.2) is 6.04 Å². The molecule has 0 aliphatic carbocycles. The lowest BCUT2D eigenvalue weighted by Crippen LogP contribution is -2.21. The minimum absolute atomic E-state index is 0.0650. The molecular weight excluding hydrogens is 265 g/mol. The summed E-state index contributed by atoms with van der Waals surface area (Å²) in [6, 6.07) is 10.9. The summed E-state index contributed by atoms with van der Waals surface area (Å²) in [7, 11) is 0. The maximum atomic E-state index is 14.2. The first kappa shape index (κ1) is 15.5. The molecule has 0 fully saturated rings. The number of hydrogen-bond donors (Lipinski definition) is 1. The molecule has 3 heteroatoms. The van der Waals surface area contributed by atoms with Crippen molar-refractivity contribution in [3.05, 3.63) is 58.9 Å². The minimum Gasteiger partial charge on any atom is -0.454 e. The van der Waals surface area contributed by atoms with Gasteiger partial charge in [0.1, 0.15) is 5.75 Å². The van der Waals surface area contributed by atoms with E-state index in [1.54, 1.807) is 6.07 Å². The summed E-state index contributed by atoms with van der Waals surface area (Å²) in [5, 5.41) is 0. The summed E-state index contributed by atoms with van der Waals surface area (Å²) < 4.78 is 19.9. The van der Waals surface area contributed by atoms with Gasteiger partial charge in [-0.25, -0.2) is 4.39 Å². The molecule has 21 heavy (non-hydrogen) atoms. The van der Waals surface area contributed by atoms with Gasteiger partial charge in [-0.2, -0.15) is 0 Å². The van der Waals surface area contributed by atoms with Crippen LogP contribution in [-0.2, 0) is 6.42 Å². The number of halogens is 1. The second kappa shape index (κ2) is 6.72. The van der Waals surface area contributed by atoms with E-state index < -0.39 is 0 Å². The third-order valence-corrected chi connectivity index (χ3v) is 3.79. The van der Waals surface area contributed by atoms with Gasteiger partial charge in [-0.1, -0.05) is 25.1 Å². The van der Waals surface area contributed by atoms with Crippen molar-refractivity contribution in [3.63, 3.8) is 0 Å². The number of nitrogens with two attached hydrogens (primary N) is 1. The van der Waals surface area contributed by atoms with Crippen LogP contribution in [0.15, 0.2) is 36.4 Å². The Hall–Kier alpha value is -1.87. The molecule has 1 unspecified atom stereocenters. The molecule has 0 amide bonds. The van der Waals surface area contributed by atoms with Crippen LogP contribution in [0, 0.1) is 19.7 Å². The summed E-state index contributed by atoms with van der Waals surface area (Å²) in [6.07, 6.45) is 1.56. The smallest absolute Gasteiger partial charge is 0.165 e. The third kappa shape index (κ3) is 3.82. The van der Waals surface area contributed by atoms with Crippen molar-refractivity contribution >= 4 is 0 Å². The van der Waals surface area contributed by atoms with Gasteiger partial charge in [0.25, 0.3) is 0 Å². The second-order valence-corrected chi connectivity index (χ2v) is 5.44. The van der Waals surface area contributed by atoms with Gasteiger partial charge in [0, 0.05) is 6.04 Å². The monoisotopic (exact) mass is 287 g/mol. The maximum absolute atomic E-state index is 14.2. The number of aryl methyl sites for hydroxylation is 1. The molecule has 0 radical (unpaired) electrons. The zero-order valence-corrected chi connectivity index (χ0v) is 12.8. The molecule has 2 nitrogen and oxygen atoms in total. The van der Waals surface area contributed by atoms with Gasteiger partial charge in [0.15, 0.2) is 11.6 Å². The molecule has 2 rings (SSSR count). The van der Waals surface area contributed by atoms with Crippen LogP contribution in [0.2, 0.25) is 0 Å². The van der Waals surface area contributed by atoms with Crippen LogP contribution in [0.4, 0.5) is 4.39 Å². The lowest BCUT2D eigenvalue weighted by Gasteiger charge is -2.13.